The lowest BCUT2D eigenvalue weighted by molar-refractivity contribution is -0.125. The third-order valence-corrected chi connectivity index (χ3v) is 4.56. The number of rotatable bonds is 6. The van der Waals surface area contributed by atoms with E-state index in [4.69, 9.17) is 4.74 Å². The molecule has 7 heteroatoms. The maximum Gasteiger partial charge on any atom is 0.322 e. The second kappa shape index (κ2) is 7.49. The molecule has 1 aliphatic rings. The predicted octanol–water partition coefficient (Wildman–Crippen LogP) is 2.46. The van der Waals surface area contributed by atoms with E-state index in [9.17, 15) is 14.4 Å². The van der Waals surface area contributed by atoms with Gasteiger partial charge in [0, 0.05) is 6.42 Å². The molecular weight excluding hydrogens is 346 g/mol. The lowest BCUT2D eigenvalue weighted by Crippen LogP contribution is -2.44. The summed E-state index contributed by atoms with van der Waals surface area (Å²) in [4.78, 5) is 36.7. The van der Waals surface area contributed by atoms with Crippen LogP contribution in [0.2, 0.25) is 0 Å². The highest BCUT2D eigenvalue weighted by molar-refractivity contribution is 6.07. The number of aryl methyl sites for hydroxylation is 1. The number of urea groups is 1. The summed E-state index contributed by atoms with van der Waals surface area (Å²) in [5.41, 5.74) is 0.923. The van der Waals surface area contributed by atoms with E-state index in [1.807, 2.05) is 25.1 Å². The number of benzene rings is 2. The van der Waals surface area contributed by atoms with Crippen molar-refractivity contribution in [3.05, 3.63) is 59.7 Å². The summed E-state index contributed by atoms with van der Waals surface area (Å²) in [6.45, 7) is 1.91. The molecule has 1 aliphatic heterocycles. The first kappa shape index (κ1) is 18.4. The van der Waals surface area contributed by atoms with Gasteiger partial charge in [-0.15, -0.1) is 0 Å². The smallest absolute Gasteiger partial charge is 0.322 e. The van der Waals surface area contributed by atoms with Crippen molar-refractivity contribution in [2.75, 3.05) is 12.4 Å². The van der Waals surface area contributed by atoms with Gasteiger partial charge in [-0.05, 0) is 36.6 Å². The number of nitrogens with one attached hydrogen (secondary N) is 3. The van der Waals surface area contributed by atoms with Crippen LogP contribution in [-0.4, -0.2) is 25.0 Å². The van der Waals surface area contributed by atoms with Crippen molar-refractivity contribution in [3.63, 3.8) is 0 Å². The van der Waals surface area contributed by atoms with Crippen LogP contribution in [0.5, 0.6) is 5.75 Å². The van der Waals surface area contributed by atoms with E-state index >= 15 is 0 Å². The summed E-state index contributed by atoms with van der Waals surface area (Å²) in [5.74, 6) is -0.179. The fourth-order valence-corrected chi connectivity index (χ4v) is 3.17. The number of hydrogen-bond acceptors (Lipinski definition) is 4. The van der Waals surface area contributed by atoms with Crippen molar-refractivity contribution >= 4 is 23.5 Å². The molecular formula is C20H21N3O4. The summed E-state index contributed by atoms with van der Waals surface area (Å²) < 4.78 is 5.26. The molecule has 0 saturated carbocycles. The fraction of sp³-hybridized carbons (Fsp3) is 0.250. The van der Waals surface area contributed by atoms with Crippen LogP contribution in [0.15, 0.2) is 48.5 Å². The van der Waals surface area contributed by atoms with Gasteiger partial charge in [0.25, 0.3) is 5.91 Å². The van der Waals surface area contributed by atoms with Gasteiger partial charge < -0.3 is 15.4 Å². The Balaban J connectivity index is 1.77. The maximum absolute atomic E-state index is 12.5. The van der Waals surface area contributed by atoms with Gasteiger partial charge in [-0.1, -0.05) is 36.4 Å². The number of hydrogen-bond donors (Lipinski definition) is 3. The highest BCUT2D eigenvalue weighted by Gasteiger charge is 2.47. The zero-order chi connectivity index (χ0) is 19.4. The summed E-state index contributed by atoms with van der Waals surface area (Å²) in [5, 5.41) is 7.76. The molecule has 0 radical (unpaired) electrons. The zero-order valence-corrected chi connectivity index (χ0v) is 15.2. The van der Waals surface area contributed by atoms with E-state index < -0.39 is 17.5 Å². The number of imide groups is 1. The molecule has 1 unspecified atom stereocenters. The molecule has 27 heavy (non-hydrogen) atoms. The number of anilines is 1. The number of ether oxygens (including phenoxy) is 1. The van der Waals surface area contributed by atoms with E-state index in [0.29, 0.717) is 17.0 Å². The molecule has 4 amide bonds. The first-order valence-corrected chi connectivity index (χ1v) is 8.58. The van der Waals surface area contributed by atoms with Crippen molar-refractivity contribution in [3.8, 4) is 5.75 Å². The van der Waals surface area contributed by atoms with E-state index in [1.165, 1.54) is 7.11 Å². The van der Waals surface area contributed by atoms with Gasteiger partial charge in [0.1, 0.15) is 11.3 Å². The summed E-state index contributed by atoms with van der Waals surface area (Å²) in [6.07, 6.45) is 0.175. The molecule has 3 rings (SSSR count). The van der Waals surface area contributed by atoms with Gasteiger partial charge in [0.2, 0.25) is 5.91 Å². The van der Waals surface area contributed by atoms with Crippen molar-refractivity contribution in [2.24, 2.45) is 0 Å². The minimum atomic E-state index is -1.26. The Morgan fingerprint density at radius 3 is 2.52 bits per heavy atom. The van der Waals surface area contributed by atoms with Gasteiger partial charge in [-0.25, -0.2) is 4.79 Å². The fourth-order valence-electron chi connectivity index (χ4n) is 3.17. The lowest BCUT2D eigenvalue weighted by Gasteiger charge is -2.26. The van der Waals surface area contributed by atoms with E-state index in [1.54, 1.807) is 30.3 Å². The van der Waals surface area contributed by atoms with Gasteiger partial charge in [0.15, 0.2) is 0 Å². The lowest BCUT2D eigenvalue weighted by atomic mass is 9.85. The Morgan fingerprint density at radius 2 is 1.89 bits per heavy atom. The molecule has 1 saturated heterocycles. The molecule has 140 valence electrons. The minimum absolute atomic E-state index is 0.0414. The molecule has 0 spiro atoms. The summed E-state index contributed by atoms with van der Waals surface area (Å²) >= 11 is 0. The Labute approximate surface area is 157 Å². The molecule has 2 aromatic rings. The van der Waals surface area contributed by atoms with Crippen LogP contribution in [0.3, 0.4) is 0 Å². The average molecular weight is 367 g/mol. The molecule has 0 aromatic heterocycles. The van der Waals surface area contributed by atoms with Crippen molar-refractivity contribution in [1.29, 1.82) is 0 Å². The van der Waals surface area contributed by atoms with E-state index in [0.717, 1.165) is 5.56 Å². The topological polar surface area (TPSA) is 96.5 Å². The van der Waals surface area contributed by atoms with Gasteiger partial charge >= 0.3 is 6.03 Å². The molecule has 3 N–H and O–H groups in total. The Bertz CT molecular complexity index is 882. The van der Waals surface area contributed by atoms with Crippen LogP contribution in [0, 0.1) is 6.92 Å². The molecule has 1 atom stereocenters. The molecule has 0 bridgehead atoms. The van der Waals surface area contributed by atoms with Crippen molar-refractivity contribution < 1.29 is 19.1 Å². The normalized spacial score (nSPS) is 18.6. The molecule has 1 fully saturated rings. The van der Waals surface area contributed by atoms with Crippen LogP contribution >= 0.6 is 0 Å². The van der Waals surface area contributed by atoms with Gasteiger partial charge in [-0.2, -0.15) is 0 Å². The molecule has 2 aromatic carbocycles. The Hall–Kier alpha value is -3.35. The zero-order valence-electron chi connectivity index (χ0n) is 15.2. The monoisotopic (exact) mass is 367 g/mol. The first-order valence-electron chi connectivity index (χ1n) is 8.58. The highest BCUT2D eigenvalue weighted by atomic mass is 16.5. The van der Waals surface area contributed by atoms with E-state index in [2.05, 4.69) is 16.0 Å². The Kier molecular flexibility index (Phi) is 5.12. The quantitative estimate of drug-likeness (QED) is 0.683. The van der Waals surface area contributed by atoms with Crippen LogP contribution in [-0.2, 0) is 15.1 Å². The number of carbonyl (C=O) groups is 3. The number of methoxy groups -OCH3 is 1. The summed E-state index contributed by atoms with van der Waals surface area (Å²) in [7, 11) is 1.53. The highest BCUT2D eigenvalue weighted by Crippen LogP contribution is 2.31. The second-order valence-electron chi connectivity index (χ2n) is 6.43. The van der Waals surface area contributed by atoms with Crippen LogP contribution in [0.4, 0.5) is 10.5 Å². The standard InChI is InChI=1S/C20H21N3O4/c1-13-8-9-16(27-2)15(12-13)21-17(24)10-11-20(14-6-4-3-5-7-14)18(25)22-19(26)23-20/h3-9,12H,10-11H2,1-2H3,(H,21,24)(H2,22,23,25,26). The van der Waals surface area contributed by atoms with Crippen molar-refractivity contribution in [2.45, 2.75) is 25.3 Å². The third kappa shape index (κ3) is 3.76. The number of carbonyl (C=O) groups excluding carboxylic acids is 3. The molecule has 1 heterocycles. The van der Waals surface area contributed by atoms with Crippen LogP contribution in [0.1, 0.15) is 24.0 Å². The largest absolute Gasteiger partial charge is 0.495 e. The second-order valence-corrected chi connectivity index (χ2v) is 6.43. The Morgan fingerprint density at radius 1 is 1.15 bits per heavy atom. The maximum atomic E-state index is 12.5. The molecule has 7 nitrogen and oxygen atoms in total. The SMILES string of the molecule is COc1ccc(C)cc1NC(=O)CCC1(c2ccccc2)NC(=O)NC1=O. The van der Waals surface area contributed by atoms with Crippen LogP contribution in [0.25, 0.3) is 0 Å². The van der Waals surface area contributed by atoms with Gasteiger partial charge in [-0.3, -0.25) is 14.9 Å². The average Bonchev–Trinajstić information content (AvgIpc) is 2.95. The summed E-state index contributed by atoms with van der Waals surface area (Å²) in [6, 6.07) is 13.8. The van der Waals surface area contributed by atoms with E-state index in [-0.39, 0.29) is 18.7 Å². The third-order valence-electron chi connectivity index (χ3n) is 4.56. The predicted molar refractivity (Wildman–Crippen MR) is 100 cm³/mol. The van der Waals surface area contributed by atoms with Crippen molar-refractivity contribution in [1.82, 2.24) is 10.6 Å². The molecule has 0 aliphatic carbocycles. The van der Waals surface area contributed by atoms with Crippen LogP contribution < -0.4 is 20.7 Å². The minimum Gasteiger partial charge on any atom is -0.495 e. The number of amides is 4. The van der Waals surface area contributed by atoms with Gasteiger partial charge in [0.05, 0.1) is 12.8 Å². The first-order chi connectivity index (χ1) is 12.9.